The van der Waals surface area contributed by atoms with Crippen LogP contribution in [0.3, 0.4) is 0 Å². The Morgan fingerprint density at radius 2 is 2.24 bits per heavy atom. The molecule has 4 heteroatoms. The Morgan fingerprint density at radius 3 is 2.90 bits per heavy atom. The highest BCUT2D eigenvalue weighted by Gasteiger charge is 2.25. The highest BCUT2D eigenvalue weighted by Crippen LogP contribution is 2.35. The minimum atomic E-state index is -0.162. The first kappa shape index (κ1) is 14.5. The van der Waals surface area contributed by atoms with Gasteiger partial charge in [-0.1, -0.05) is 12.0 Å². The maximum atomic E-state index is 14.2. The van der Waals surface area contributed by atoms with E-state index >= 15 is 0 Å². The fourth-order valence-corrected chi connectivity index (χ4v) is 3.86. The second kappa shape index (κ2) is 6.15. The van der Waals surface area contributed by atoms with E-state index in [1.165, 1.54) is 18.9 Å². The molecule has 0 spiro atoms. The first-order valence-electron chi connectivity index (χ1n) is 7.27. The summed E-state index contributed by atoms with van der Waals surface area (Å²) < 4.78 is 15.2. The molecule has 21 heavy (non-hydrogen) atoms. The van der Waals surface area contributed by atoms with E-state index in [9.17, 15) is 4.39 Å². The molecule has 0 aliphatic heterocycles. The number of hydrogen-bond donors (Lipinski definition) is 1. The van der Waals surface area contributed by atoms with Gasteiger partial charge in [0, 0.05) is 34.6 Å². The number of halogens is 1. The molecule has 2 N–H and O–H groups in total. The molecule has 2 nitrogen and oxygen atoms in total. The molecule has 2 aromatic rings. The molecule has 1 aromatic carbocycles. The molecule has 1 aromatic heterocycles. The lowest BCUT2D eigenvalue weighted by Gasteiger charge is -2.20. The molecule has 0 atom stereocenters. The van der Waals surface area contributed by atoms with Crippen LogP contribution in [0.25, 0.3) is 10.1 Å². The average molecular weight is 302 g/mol. The summed E-state index contributed by atoms with van der Waals surface area (Å²) >= 11 is 1.59. The number of thiophene rings is 1. The Bertz CT molecular complexity index is 682. The van der Waals surface area contributed by atoms with Crippen LogP contribution in [0.4, 0.5) is 4.39 Å². The second-order valence-electron chi connectivity index (χ2n) is 5.64. The maximum Gasteiger partial charge on any atom is 0.132 e. The smallest absolute Gasteiger partial charge is 0.132 e. The minimum absolute atomic E-state index is 0.162. The fraction of sp³-hybridized carbons (Fsp3) is 0.412. The Hall–Kier alpha value is -1.41. The summed E-state index contributed by atoms with van der Waals surface area (Å²) in [5, 5.41) is 0.723. The number of fused-ring (bicyclic) bond motifs is 1. The van der Waals surface area contributed by atoms with Crippen molar-refractivity contribution in [1.29, 1.82) is 0 Å². The van der Waals surface area contributed by atoms with Gasteiger partial charge in [-0.2, -0.15) is 0 Å². The number of benzene rings is 1. The van der Waals surface area contributed by atoms with Crippen molar-refractivity contribution in [1.82, 2.24) is 4.90 Å². The van der Waals surface area contributed by atoms with E-state index in [-0.39, 0.29) is 5.82 Å². The number of nitrogens with two attached hydrogens (primary N) is 1. The van der Waals surface area contributed by atoms with Crippen molar-refractivity contribution in [3.63, 3.8) is 0 Å². The molecular formula is C17H19FN2S. The lowest BCUT2D eigenvalue weighted by Crippen LogP contribution is -2.26. The molecule has 1 fully saturated rings. The first-order valence-corrected chi connectivity index (χ1v) is 8.09. The van der Waals surface area contributed by atoms with Gasteiger partial charge in [-0.05, 0) is 36.5 Å². The van der Waals surface area contributed by atoms with Crippen LogP contribution in [0.1, 0.15) is 23.3 Å². The van der Waals surface area contributed by atoms with Gasteiger partial charge in [-0.3, -0.25) is 4.90 Å². The van der Waals surface area contributed by atoms with Crippen LogP contribution in [0.15, 0.2) is 18.2 Å². The van der Waals surface area contributed by atoms with Crippen molar-refractivity contribution < 1.29 is 4.39 Å². The predicted molar refractivity (Wildman–Crippen MR) is 86.5 cm³/mol. The van der Waals surface area contributed by atoms with E-state index in [1.807, 2.05) is 6.07 Å². The van der Waals surface area contributed by atoms with Crippen LogP contribution >= 0.6 is 11.3 Å². The molecule has 1 saturated carbocycles. The van der Waals surface area contributed by atoms with Crippen molar-refractivity contribution >= 4 is 21.4 Å². The molecule has 110 valence electrons. The topological polar surface area (TPSA) is 29.3 Å². The predicted octanol–water partition coefficient (Wildman–Crippen LogP) is 3.34. The molecule has 1 heterocycles. The molecule has 0 saturated heterocycles. The van der Waals surface area contributed by atoms with Gasteiger partial charge in [0.05, 0.1) is 6.54 Å². The van der Waals surface area contributed by atoms with E-state index < -0.39 is 0 Å². The van der Waals surface area contributed by atoms with Gasteiger partial charge in [0.2, 0.25) is 0 Å². The van der Waals surface area contributed by atoms with E-state index in [1.54, 1.807) is 17.4 Å². The fourth-order valence-electron chi connectivity index (χ4n) is 2.75. The van der Waals surface area contributed by atoms with Gasteiger partial charge in [0.1, 0.15) is 5.82 Å². The van der Waals surface area contributed by atoms with Gasteiger partial charge in [-0.25, -0.2) is 4.39 Å². The van der Waals surface area contributed by atoms with Crippen LogP contribution in [0.2, 0.25) is 0 Å². The van der Waals surface area contributed by atoms with Gasteiger partial charge in [0.15, 0.2) is 0 Å². The van der Waals surface area contributed by atoms with Crippen molar-refractivity contribution in [3.8, 4) is 12.3 Å². The molecule has 3 rings (SSSR count). The summed E-state index contributed by atoms with van der Waals surface area (Å²) in [6.07, 6.45) is 8.04. The molecular weight excluding hydrogens is 283 g/mol. The van der Waals surface area contributed by atoms with E-state index in [0.29, 0.717) is 19.6 Å². The van der Waals surface area contributed by atoms with Crippen molar-refractivity contribution in [3.05, 3.63) is 34.5 Å². The monoisotopic (exact) mass is 302 g/mol. The van der Waals surface area contributed by atoms with Gasteiger partial charge < -0.3 is 5.73 Å². The van der Waals surface area contributed by atoms with Gasteiger partial charge in [0.25, 0.3) is 0 Å². The Kier molecular flexibility index (Phi) is 4.25. The van der Waals surface area contributed by atoms with Crippen molar-refractivity contribution in [2.24, 2.45) is 11.7 Å². The Balaban J connectivity index is 1.95. The molecule has 1 aliphatic carbocycles. The van der Waals surface area contributed by atoms with Crippen LogP contribution < -0.4 is 5.73 Å². The van der Waals surface area contributed by atoms with Crippen molar-refractivity contribution in [2.45, 2.75) is 25.9 Å². The minimum Gasteiger partial charge on any atom is -0.326 e. The van der Waals surface area contributed by atoms with Gasteiger partial charge in [-0.15, -0.1) is 17.8 Å². The molecule has 0 unspecified atom stereocenters. The maximum absolute atomic E-state index is 14.2. The van der Waals surface area contributed by atoms with Crippen molar-refractivity contribution in [2.75, 3.05) is 13.1 Å². The lowest BCUT2D eigenvalue weighted by molar-refractivity contribution is 0.287. The first-order chi connectivity index (χ1) is 10.2. The van der Waals surface area contributed by atoms with Gasteiger partial charge >= 0.3 is 0 Å². The Labute approximate surface area is 128 Å². The van der Waals surface area contributed by atoms with Crippen LogP contribution in [0, 0.1) is 24.1 Å². The summed E-state index contributed by atoms with van der Waals surface area (Å²) in [7, 11) is 0. The standard InChI is InChI=1S/C17H19FN2S/c1-2-8-20(10-12-6-7-12)11-13-16(9-19)21-15-5-3-4-14(18)17(13)15/h1,3-5,12H,6-11,19H2. The third kappa shape index (κ3) is 3.11. The Morgan fingerprint density at radius 1 is 1.43 bits per heavy atom. The normalized spacial score (nSPS) is 14.8. The van der Waals surface area contributed by atoms with E-state index in [2.05, 4.69) is 10.8 Å². The summed E-state index contributed by atoms with van der Waals surface area (Å²) in [6, 6.07) is 5.23. The number of hydrogen-bond acceptors (Lipinski definition) is 3. The highest BCUT2D eigenvalue weighted by atomic mass is 32.1. The number of rotatable bonds is 6. The second-order valence-corrected chi connectivity index (χ2v) is 6.77. The average Bonchev–Trinajstić information content (AvgIpc) is 3.20. The largest absolute Gasteiger partial charge is 0.326 e. The third-order valence-corrected chi connectivity index (χ3v) is 5.16. The highest BCUT2D eigenvalue weighted by molar-refractivity contribution is 7.19. The van der Waals surface area contributed by atoms with Crippen LogP contribution in [0.5, 0.6) is 0 Å². The third-order valence-electron chi connectivity index (χ3n) is 3.94. The SMILES string of the molecule is C#CCN(Cc1c(CN)sc2cccc(F)c12)CC1CC1. The summed E-state index contributed by atoms with van der Waals surface area (Å²) in [5.74, 6) is 3.32. The lowest BCUT2D eigenvalue weighted by atomic mass is 10.1. The molecule has 1 aliphatic rings. The zero-order chi connectivity index (χ0) is 14.8. The zero-order valence-electron chi connectivity index (χ0n) is 11.9. The quantitative estimate of drug-likeness (QED) is 0.829. The summed E-state index contributed by atoms with van der Waals surface area (Å²) in [6.45, 7) is 2.74. The molecule has 0 amide bonds. The van der Waals surface area contributed by atoms with E-state index in [0.717, 1.165) is 33.0 Å². The summed E-state index contributed by atoms with van der Waals surface area (Å²) in [4.78, 5) is 3.30. The number of nitrogens with zero attached hydrogens (tertiary/aromatic N) is 1. The zero-order valence-corrected chi connectivity index (χ0v) is 12.8. The van der Waals surface area contributed by atoms with Crippen LogP contribution in [-0.4, -0.2) is 18.0 Å². The molecule has 0 bridgehead atoms. The summed E-state index contributed by atoms with van der Waals surface area (Å²) in [5.41, 5.74) is 6.88. The van der Waals surface area contributed by atoms with E-state index in [4.69, 9.17) is 12.2 Å². The molecule has 0 radical (unpaired) electrons. The van der Waals surface area contributed by atoms with Crippen LogP contribution in [-0.2, 0) is 13.1 Å². The number of terminal acetylenes is 1.